The minimum absolute atomic E-state index is 0.0526. The van der Waals surface area contributed by atoms with E-state index in [0.29, 0.717) is 5.69 Å². The minimum Gasteiger partial charge on any atom is -0.287 e. The molecular weight excluding hydrogens is 208 g/mol. The summed E-state index contributed by atoms with van der Waals surface area (Å²) in [5.74, 6) is 0.0526. The van der Waals surface area contributed by atoms with Crippen LogP contribution < -0.4 is 0 Å². The Bertz CT molecular complexity index is 510. The van der Waals surface area contributed by atoms with Crippen molar-refractivity contribution in [3.05, 3.63) is 39.3 Å². The maximum atomic E-state index is 12.1. The molecular formula is C11H12N2OS. The molecule has 0 N–H and O–H groups in total. The van der Waals surface area contributed by atoms with Crippen LogP contribution in [0, 0.1) is 13.8 Å². The third-order valence-corrected chi connectivity index (χ3v) is 3.60. The summed E-state index contributed by atoms with van der Waals surface area (Å²) in [6.45, 7) is 4.01. The summed E-state index contributed by atoms with van der Waals surface area (Å²) in [5.41, 5.74) is 2.50. The first-order chi connectivity index (χ1) is 7.11. The monoisotopic (exact) mass is 220 g/mol. The Hall–Kier alpha value is -1.42. The molecule has 0 atom stereocenters. The highest BCUT2D eigenvalue weighted by Crippen LogP contribution is 2.22. The number of hydrogen-bond acceptors (Lipinski definition) is 3. The van der Waals surface area contributed by atoms with Crippen molar-refractivity contribution in [3.63, 3.8) is 0 Å². The summed E-state index contributed by atoms with van der Waals surface area (Å²) < 4.78 is 1.61. The van der Waals surface area contributed by atoms with E-state index in [-0.39, 0.29) is 5.78 Å². The molecule has 0 fully saturated rings. The summed E-state index contributed by atoms with van der Waals surface area (Å²) in [5, 5.41) is 5.92. The summed E-state index contributed by atoms with van der Waals surface area (Å²) >= 11 is 1.61. The average molecular weight is 220 g/mol. The SMILES string of the molecule is Cc1scc(C(=O)c2ccnn2C)c1C. The lowest BCUT2D eigenvalue weighted by atomic mass is 10.1. The van der Waals surface area contributed by atoms with Crippen molar-refractivity contribution in [1.29, 1.82) is 0 Å². The van der Waals surface area contributed by atoms with Gasteiger partial charge in [0.2, 0.25) is 5.78 Å². The van der Waals surface area contributed by atoms with Crippen molar-refractivity contribution in [2.75, 3.05) is 0 Å². The predicted octanol–water partition coefficient (Wildman–Crippen LogP) is 2.33. The lowest BCUT2D eigenvalue weighted by molar-refractivity contribution is 0.103. The molecule has 0 spiro atoms. The molecule has 2 aromatic rings. The number of carbonyl (C=O) groups is 1. The van der Waals surface area contributed by atoms with E-state index in [2.05, 4.69) is 5.10 Å². The van der Waals surface area contributed by atoms with Crippen LogP contribution in [0.1, 0.15) is 26.5 Å². The molecule has 78 valence electrons. The maximum absolute atomic E-state index is 12.1. The first-order valence-electron chi connectivity index (χ1n) is 4.68. The number of rotatable bonds is 2. The average Bonchev–Trinajstić information content (AvgIpc) is 2.75. The van der Waals surface area contributed by atoms with Crippen molar-refractivity contribution in [2.24, 2.45) is 7.05 Å². The number of thiophene rings is 1. The van der Waals surface area contributed by atoms with Crippen LogP contribution in [0.15, 0.2) is 17.6 Å². The summed E-state index contributed by atoms with van der Waals surface area (Å²) in [4.78, 5) is 13.3. The quantitative estimate of drug-likeness (QED) is 0.728. The smallest absolute Gasteiger partial charge is 0.212 e. The normalized spacial score (nSPS) is 10.6. The highest BCUT2D eigenvalue weighted by Gasteiger charge is 2.16. The van der Waals surface area contributed by atoms with Crippen LogP contribution in [0.4, 0.5) is 0 Å². The number of ketones is 1. The fraction of sp³-hybridized carbons (Fsp3) is 0.273. The second-order valence-electron chi connectivity index (χ2n) is 3.50. The van der Waals surface area contributed by atoms with Crippen molar-refractivity contribution < 1.29 is 4.79 Å². The Morgan fingerprint density at radius 2 is 2.20 bits per heavy atom. The van der Waals surface area contributed by atoms with E-state index in [1.165, 1.54) is 4.88 Å². The van der Waals surface area contributed by atoms with Gasteiger partial charge in [-0.15, -0.1) is 11.3 Å². The molecule has 0 bridgehead atoms. The van der Waals surface area contributed by atoms with Crippen LogP contribution in [0.5, 0.6) is 0 Å². The molecule has 4 heteroatoms. The molecule has 0 radical (unpaired) electrons. The second kappa shape index (κ2) is 3.62. The highest BCUT2D eigenvalue weighted by molar-refractivity contribution is 7.10. The lowest BCUT2D eigenvalue weighted by Crippen LogP contribution is -2.08. The first kappa shape index (κ1) is 10.1. The van der Waals surface area contributed by atoms with E-state index in [1.807, 2.05) is 19.2 Å². The number of aryl methyl sites for hydroxylation is 2. The number of carbonyl (C=O) groups excluding carboxylic acids is 1. The molecule has 0 saturated heterocycles. The van der Waals surface area contributed by atoms with Gasteiger partial charge in [-0.3, -0.25) is 9.48 Å². The Labute approximate surface area is 92.4 Å². The van der Waals surface area contributed by atoms with Gasteiger partial charge >= 0.3 is 0 Å². The Morgan fingerprint density at radius 3 is 2.67 bits per heavy atom. The van der Waals surface area contributed by atoms with Gasteiger partial charge in [-0.1, -0.05) is 0 Å². The van der Waals surface area contributed by atoms with Gasteiger partial charge in [0.15, 0.2) is 0 Å². The first-order valence-corrected chi connectivity index (χ1v) is 5.56. The van der Waals surface area contributed by atoms with Gasteiger partial charge in [-0.05, 0) is 25.5 Å². The molecule has 2 aromatic heterocycles. The minimum atomic E-state index is 0.0526. The van der Waals surface area contributed by atoms with Gasteiger partial charge in [0.25, 0.3) is 0 Å². The number of hydrogen-bond donors (Lipinski definition) is 0. The van der Waals surface area contributed by atoms with E-state index < -0.39 is 0 Å². The van der Waals surface area contributed by atoms with Crippen LogP contribution in [0.3, 0.4) is 0 Å². The predicted molar refractivity (Wildman–Crippen MR) is 60.4 cm³/mol. The topological polar surface area (TPSA) is 34.9 Å². The van der Waals surface area contributed by atoms with Gasteiger partial charge < -0.3 is 0 Å². The van der Waals surface area contributed by atoms with E-state index >= 15 is 0 Å². The van der Waals surface area contributed by atoms with E-state index in [4.69, 9.17) is 0 Å². The second-order valence-corrected chi connectivity index (χ2v) is 4.58. The highest BCUT2D eigenvalue weighted by atomic mass is 32.1. The molecule has 2 heterocycles. The third kappa shape index (κ3) is 1.61. The fourth-order valence-corrected chi connectivity index (χ4v) is 2.34. The number of nitrogens with zero attached hydrogens (tertiary/aromatic N) is 2. The Balaban J connectivity index is 2.46. The van der Waals surface area contributed by atoms with Crippen LogP contribution in [-0.2, 0) is 7.05 Å². The summed E-state index contributed by atoms with van der Waals surface area (Å²) in [7, 11) is 1.78. The van der Waals surface area contributed by atoms with Crippen molar-refractivity contribution >= 4 is 17.1 Å². The molecule has 2 rings (SSSR count). The molecule has 0 aliphatic heterocycles. The molecule has 0 amide bonds. The van der Waals surface area contributed by atoms with Crippen molar-refractivity contribution in [3.8, 4) is 0 Å². The van der Waals surface area contributed by atoms with Gasteiger partial charge in [0, 0.05) is 29.1 Å². The van der Waals surface area contributed by atoms with E-state index in [9.17, 15) is 4.79 Å². The zero-order valence-electron chi connectivity index (χ0n) is 8.94. The van der Waals surface area contributed by atoms with Crippen molar-refractivity contribution in [2.45, 2.75) is 13.8 Å². The van der Waals surface area contributed by atoms with Crippen molar-refractivity contribution in [1.82, 2.24) is 9.78 Å². The van der Waals surface area contributed by atoms with Gasteiger partial charge in [0.1, 0.15) is 5.69 Å². The molecule has 0 saturated carbocycles. The molecule has 15 heavy (non-hydrogen) atoms. The van der Waals surface area contributed by atoms with Crippen LogP contribution >= 0.6 is 11.3 Å². The summed E-state index contributed by atoms with van der Waals surface area (Å²) in [6.07, 6.45) is 1.64. The zero-order valence-corrected chi connectivity index (χ0v) is 9.76. The molecule has 3 nitrogen and oxygen atoms in total. The standard InChI is InChI=1S/C11H12N2OS/c1-7-8(2)15-6-9(7)11(14)10-4-5-12-13(10)3/h4-6H,1-3H3. The third-order valence-electron chi connectivity index (χ3n) is 2.58. The van der Waals surface area contributed by atoms with Gasteiger partial charge in [-0.2, -0.15) is 5.10 Å². The molecule has 0 aromatic carbocycles. The number of aromatic nitrogens is 2. The molecule has 0 aliphatic carbocycles. The van der Waals surface area contributed by atoms with Gasteiger partial charge in [-0.25, -0.2) is 0 Å². The Kier molecular flexibility index (Phi) is 2.44. The van der Waals surface area contributed by atoms with E-state index in [1.54, 1.807) is 35.3 Å². The maximum Gasteiger partial charge on any atom is 0.212 e. The van der Waals surface area contributed by atoms with Gasteiger partial charge in [0.05, 0.1) is 0 Å². The molecule has 0 unspecified atom stereocenters. The molecule has 0 aliphatic rings. The largest absolute Gasteiger partial charge is 0.287 e. The van der Waals surface area contributed by atoms with E-state index in [0.717, 1.165) is 11.1 Å². The fourth-order valence-electron chi connectivity index (χ4n) is 1.47. The Morgan fingerprint density at radius 1 is 1.47 bits per heavy atom. The van der Waals surface area contributed by atoms with Crippen LogP contribution in [0.2, 0.25) is 0 Å². The van der Waals surface area contributed by atoms with Crippen LogP contribution in [0.25, 0.3) is 0 Å². The van der Waals surface area contributed by atoms with Crippen LogP contribution in [-0.4, -0.2) is 15.6 Å². The summed E-state index contributed by atoms with van der Waals surface area (Å²) in [6, 6.07) is 1.74. The lowest BCUT2D eigenvalue weighted by Gasteiger charge is -2.00. The zero-order chi connectivity index (χ0) is 11.0.